The molecule has 0 spiro atoms. The minimum absolute atomic E-state index is 0.00916. The van der Waals surface area contributed by atoms with Gasteiger partial charge in [-0.1, -0.05) is 0 Å². The van der Waals surface area contributed by atoms with Crippen molar-refractivity contribution in [2.45, 2.75) is 38.2 Å². The molecule has 0 aromatic rings. The molecule has 0 saturated carbocycles. The van der Waals surface area contributed by atoms with Gasteiger partial charge in [0.2, 0.25) is 0 Å². The lowest BCUT2D eigenvalue weighted by atomic mass is 10.2. The van der Waals surface area contributed by atoms with Crippen molar-refractivity contribution in [3.63, 3.8) is 0 Å². The van der Waals surface area contributed by atoms with Gasteiger partial charge in [-0.3, -0.25) is 4.90 Å². The van der Waals surface area contributed by atoms with E-state index in [1.165, 1.54) is 16.7 Å². The molecule has 2 unspecified atom stereocenters. The van der Waals surface area contributed by atoms with E-state index in [1.807, 2.05) is 20.8 Å². The van der Waals surface area contributed by atoms with Gasteiger partial charge in [0.25, 0.3) is 0 Å². The molecule has 1 aliphatic rings. The molecular weight excluding hydrogens is 268 g/mol. The predicted octanol–water partition coefficient (Wildman–Crippen LogP) is 1.31. The zero-order chi connectivity index (χ0) is 14.6. The van der Waals surface area contributed by atoms with E-state index in [4.69, 9.17) is 4.74 Å². The topological polar surface area (TPSA) is 70.1 Å². The average molecular weight is 290 g/mol. The van der Waals surface area contributed by atoms with Crippen LogP contribution in [0.5, 0.6) is 0 Å². The van der Waals surface area contributed by atoms with Crippen LogP contribution in [0.4, 0.5) is 4.79 Å². The number of aliphatic carboxylic acids is 1. The third kappa shape index (κ3) is 3.76. The Morgan fingerprint density at radius 2 is 2.16 bits per heavy atom. The Kier molecular flexibility index (Phi) is 5.93. The number of nitrogens with zero attached hydrogens (tertiary/aromatic N) is 2. The van der Waals surface area contributed by atoms with Gasteiger partial charge in [-0.05, 0) is 20.8 Å². The van der Waals surface area contributed by atoms with Crippen LogP contribution >= 0.6 is 11.8 Å². The number of carbonyl (C=O) groups is 2. The summed E-state index contributed by atoms with van der Waals surface area (Å²) < 4.78 is 5.00. The molecule has 2 atom stereocenters. The van der Waals surface area contributed by atoms with Crippen molar-refractivity contribution < 1.29 is 19.4 Å². The molecule has 1 fully saturated rings. The fourth-order valence-corrected chi connectivity index (χ4v) is 3.20. The van der Waals surface area contributed by atoms with Crippen LogP contribution in [0.1, 0.15) is 20.8 Å². The second-order valence-corrected chi connectivity index (χ2v) is 6.11. The highest BCUT2D eigenvalue weighted by molar-refractivity contribution is 8.00. The number of hydrogen-bond acceptors (Lipinski definition) is 4. The maximum atomic E-state index is 12.5. The van der Waals surface area contributed by atoms with Crippen LogP contribution in [-0.4, -0.2) is 70.4 Å². The van der Waals surface area contributed by atoms with Gasteiger partial charge in [-0.2, -0.15) is 0 Å². The zero-order valence-corrected chi connectivity index (χ0v) is 12.6. The van der Waals surface area contributed by atoms with Gasteiger partial charge >= 0.3 is 12.0 Å². The first kappa shape index (κ1) is 16.1. The van der Waals surface area contributed by atoms with Crippen molar-refractivity contribution in [1.29, 1.82) is 0 Å². The summed E-state index contributed by atoms with van der Waals surface area (Å²) in [6.45, 7) is 6.60. The Bertz CT molecular complexity index is 338. The standard InChI is InChI=1S/C12H22N2O4S/c1-8(2)13(5-6-18-4)12(17)14-9(3)19-7-10(14)11(15)16/h8-10H,5-7H2,1-4H3,(H,15,16). The molecule has 110 valence electrons. The fraction of sp³-hybridized carbons (Fsp3) is 0.833. The van der Waals surface area contributed by atoms with Gasteiger partial charge in [0.05, 0.1) is 12.0 Å². The van der Waals surface area contributed by atoms with Crippen molar-refractivity contribution in [3.8, 4) is 0 Å². The lowest BCUT2D eigenvalue weighted by Crippen LogP contribution is -2.53. The minimum atomic E-state index is -0.944. The van der Waals surface area contributed by atoms with Gasteiger partial charge < -0.3 is 14.7 Å². The number of carboxylic acid groups (broad SMARTS) is 1. The third-order valence-electron chi connectivity index (χ3n) is 3.13. The van der Waals surface area contributed by atoms with Crippen molar-refractivity contribution in [2.75, 3.05) is 26.0 Å². The van der Waals surface area contributed by atoms with Crippen LogP contribution in [0, 0.1) is 0 Å². The highest BCUT2D eigenvalue weighted by Gasteiger charge is 2.41. The Morgan fingerprint density at radius 3 is 2.63 bits per heavy atom. The third-order valence-corrected chi connectivity index (χ3v) is 4.35. The summed E-state index contributed by atoms with van der Waals surface area (Å²) in [5, 5.41) is 9.08. The van der Waals surface area contributed by atoms with Gasteiger partial charge in [0, 0.05) is 25.4 Å². The van der Waals surface area contributed by atoms with E-state index in [-0.39, 0.29) is 17.4 Å². The van der Waals surface area contributed by atoms with E-state index in [9.17, 15) is 14.7 Å². The number of carboxylic acids is 1. The second kappa shape index (κ2) is 7.00. The van der Waals surface area contributed by atoms with E-state index in [0.29, 0.717) is 18.9 Å². The smallest absolute Gasteiger partial charge is 0.327 e. The molecule has 1 aliphatic heterocycles. The Morgan fingerprint density at radius 1 is 1.53 bits per heavy atom. The second-order valence-electron chi connectivity index (χ2n) is 4.76. The summed E-state index contributed by atoms with van der Waals surface area (Å²) in [5.41, 5.74) is 0. The van der Waals surface area contributed by atoms with Gasteiger partial charge in [-0.25, -0.2) is 9.59 Å². The molecule has 1 heterocycles. The normalized spacial score (nSPS) is 22.9. The SMILES string of the molecule is COCCN(C(=O)N1C(C)SCC1C(=O)O)C(C)C. The summed E-state index contributed by atoms with van der Waals surface area (Å²) in [6.07, 6.45) is 0. The van der Waals surface area contributed by atoms with Crippen LogP contribution in [0.25, 0.3) is 0 Å². The fourth-order valence-electron chi connectivity index (χ4n) is 2.04. The first-order valence-corrected chi connectivity index (χ1v) is 7.37. The molecular formula is C12H22N2O4S. The first-order valence-electron chi connectivity index (χ1n) is 6.32. The van der Waals surface area contributed by atoms with Crippen LogP contribution in [0.2, 0.25) is 0 Å². The van der Waals surface area contributed by atoms with E-state index >= 15 is 0 Å². The molecule has 0 bridgehead atoms. The highest BCUT2D eigenvalue weighted by Crippen LogP contribution is 2.30. The predicted molar refractivity (Wildman–Crippen MR) is 74.3 cm³/mol. The van der Waals surface area contributed by atoms with Gasteiger partial charge in [-0.15, -0.1) is 11.8 Å². The molecule has 1 rings (SSSR count). The Hall–Kier alpha value is -0.950. The molecule has 0 aromatic heterocycles. The number of hydrogen-bond donors (Lipinski definition) is 1. The lowest BCUT2D eigenvalue weighted by Gasteiger charge is -2.34. The van der Waals surface area contributed by atoms with E-state index in [0.717, 1.165) is 0 Å². The highest BCUT2D eigenvalue weighted by atomic mass is 32.2. The van der Waals surface area contributed by atoms with Crippen LogP contribution < -0.4 is 0 Å². The van der Waals surface area contributed by atoms with E-state index in [1.54, 1.807) is 12.0 Å². The summed E-state index contributed by atoms with van der Waals surface area (Å²) in [4.78, 5) is 26.9. The van der Waals surface area contributed by atoms with Crippen LogP contribution in [0.15, 0.2) is 0 Å². The van der Waals surface area contributed by atoms with Crippen LogP contribution in [0.3, 0.4) is 0 Å². The van der Waals surface area contributed by atoms with Crippen molar-refractivity contribution >= 4 is 23.8 Å². The number of amides is 2. The van der Waals surface area contributed by atoms with Crippen molar-refractivity contribution in [2.24, 2.45) is 0 Å². The quantitative estimate of drug-likeness (QED) is 0.826. The van der Waals surface area contributed by atoms with Crippen molar-refractivity contribution in [1.82, 2.24) is 9.80 Å². The number of urea groups is 1. The number of rotatable bonds is 5. The maximum absolute atomic E-state index is 12.5. The molecule has 2 amide bonds. The van der Waals surface area contributed by atoms with Crippen LogP contribution in [-0.2, 0) is 9.53 Å². The zero-order valence-electron chi connectivity index (χ0n) is 11.8. The van der Waals surface area contributed by atoms with Gasteiger partial charge in [0.1, 0.15) is 6.04 Å². The minimum Gasteiger partial charge on any atom is -0.480 e. The monoisotopic (exact) mass is 290 g/mol. The summed E-state index contributed by atoms with van der Waals surface area (Å²) in [6, 6.07) is -0.955. The summed E-state index contributed by atoms with van der Waals surface area (Å²) in [5.74, 6) is -0.501. The largest absolute Gasteiger partial charge is 0.480 e. The molecule has 6 nitrogen and oxygen atoms in total. The number of ether oxygens (including phenoxy) is 1. The van der Waals surface area contributed by atoms with E-state index in [2.05, 4.69) is 0 Å². The lowest BCUT2D eigenvalue weighted by molar-refractivity contribution is -0.141. The molecule has 19 heavy (non-hydrogen) atoms. The first-order chi connectivity index (χ1) is 8.90. The number of thioether (sulfide) groups is 1. The molecule has 1 saturated heterocycles. The molecule has 7 heteroatoms. The molecule has 0 radical (unpaired) electrons. The summed E-state index contributed by atoms with van der Waals surface area (Å²) in [7, 11) is 1.58. The molecule has 0 aliphatic carbocycles. The molecule has 0 aromatic carbocycles. The van der Waals surface area contributed by atoms with Gasteiger partial charge in [0.15, 0.2) is 0 Å². The Balaban J connectivity index is 2.84. The number of methoxy groups -OCH3 is 1. The number of carbonyl (C=O) groups excluding carboxylic acids is 1. The Labute approximate surface area is 118 Å². The molecule has 1 N–H and O–H groups in total. The van der Waals surface area contributed by atoms with E-state index < -0.39 is 12.0 Å². The summed E-state index contributed by atoms with van der Waals surface area (Å²) >= 11 is 1.49. The maximum Gasteiger partial charge on any atom is 0.327 e. The average Bonchev–Trinajstić information content (AvgIpc) is 2.71. The van der Waals surface area contributed by atoms with Crippen molar-refractivity contribution in [3.05, 3.63) is 0 Å².